The van der Waals surface area contributed by atoms with Gasteiger partial charge in [0.15, 0.2) is 11.6 Å². The molecule has 4 nitrogen and oxygen atoms in total. The van der Waals surface area contributed by atoms with Gasteiger partial charge < -0.3 is 15.1 Å². The highest BCUT2D eigenvalue weighted by atomic mass is 19.2. The first-order valence-electron chi connectivity index (χ1n) is 7.85. The minimum atomic E-state index is -0.855. The molecular weight excluding hydrogens is 312 g/mol. The van der Waals surface area contributed by atoms with Gasteiger partial charge in [0, 0.05) is 43.6 Å². The van der Waals surface area contributed by atoms with Gasteiger partial charge in [-0.2, -0.15) is 0 Å². The fourth-order valence-corrected chi connectivity index (χ4v) is 2.77. The Hall–Kier alpha value is -2.63. The molecule has 126 valence electrons. The van der Waals surface area contributed by atoms with Crippen LogP contribution in [0.4, 0.5) is 25.0 Å². The van der Waals surface area contributed by atoms with Gasteiger partial charge in [0.1, 0.15) is 0 Å². The van der Waals surface area contributed by atoms with Crippen LogP contribution in [0.15, 0.2) is 42.5 Å². The smallest absolute Gasteiger partial charge is 0.321 e. The predicted molar refractivity (Wildman–Crippen MR) is 90.3 cm³/mol. The number of hydrogen-bond acceptors (Lipinski definition) is 2. The zero-order valence-corrected chi connectivity index (χ0v) is 13.4. The van der Waals surface area contributed by atoms with Crippen LogP contribution in [0, 0.1) is 18.6 Å². The van der Waals surface area contributed by atoms with Gasteiger partial charge >= 0.3 is 6.03 Å². The lowest BCUT2D eigenvalue weighted by molar-refractivity contribution is 0.208. The number of benzene rings is 2. The Morgan fingerprint density at radius 1 is 1.00 bits per heavy atom. The second-order valence-corrected chi connectivity index (χ2v) is 5.87. The highest BCUT2D eigenvalue weighted by Gasteiger charge is 2.22. The lowest BCUT2D eigenvalue weighted by atomic mass is 10.2. The molecule has 1 heterocycles. The van der Waals surface area contributed by atoms with E-state index in [0.29, 0.717) is 31.9 Å². The van der Waals surface area contributed by atoms with Gasteiger partial charge in [0.25, 0.3) is 0 Å². The molecule has 0 radical (unpaired) electrons. The average Bonchev–Trinajstić information content (AvgIpc) is 2.57. The molecule has 1 N–H and O–H groups in total. The van der Waals surface area contributed by atoms with Crippen LogP contribution in [0.3, 0.4) is 0 Å². The number of hydrogen-bond donors (Lipinski definition) is 1. The summed E-state index contributed by atoms with van der Waals surface area (Å²) in [5.41, 5.74) is 2.48. The fourth-order valence-electron chi connectivity index (χ4n) is 2.77. The van der Waals surface area contributed by atoms with Crippen molar-refractivity contribution in [1.82, 2.24) is 4.90 Å². The van der Waals surface area contributed by atoms with Gasteiger partial charge in [0.05, 0.1) is 0 Å². The van der Waals surface area contributed by atoms with Crippen LogP contribution in [0.2, 0.25) is 0 Å². The molecule has 0 aliphatic carbocycles. The zero-order chi connectivity index (χ0) is 17.1. The second-order valence-electron chi connectivity index (χ2n) is 5.87. The summed E-state index contributed by atoms with van der Waals surface area (Å²) in [4.78, 5) is 16.0. The van der Waals surface area contributed by atoms with Crippen LogP contribution in [0.1, 0.15) is 5.56 Å². The summed E-state index contributed by atoms with van der Waals surface area (Å²) >= 11 is 0. The molecule has 2 amide bonds. The molecule has 0 atom stereocenters. The molecule has 3 rings (SSSR count). The second kappa shape index (κ2) is 6.86. The maximum atomic E-state index is 13.3. The first-order chi connectivity index (χ1) is 11.5. The van der Waals surface area contributed by atoms with Crippen molar-refractivity contribution in [1.29, 1.82) is 0 Å². The number of rotatable bonds is 2. The topological polar surface area (TPSA) is 35.6 Å². The maximum absolute atomic E-state index is 13.3. The van der Waals surface area contributed by atoms with Crippen molar-refractivity contribution in [2.24, 2.45) is 0 Å². The quantitative estimate of drug-likeness (QED) is 0.912. The normalized spacial score (nSPS) is 14.6. The monoisotopic (exact) mass is 331 g/mol. The number of halogens is 2. The molecule has 1 saturated heterocycles. The standard InChI is InChI=1S/C18H19F2N3O/c1-13-3-2-4-14(11-13)21-18(24)23-9-7-22(8-10-23)15-5-6-16(19)17(20)12-15/h2-6,11-12H,7-10H2,1H3,(H,21,24). The molecule has 6 heteroatoms. The van der Waals surface area contributed by atoms with Gasteiger partial charge in [0.2, 0.25) is 0 Å². The van der Waals surface area contributed by atoms with Crippen molar-refractivity contribution in [2.75, 3.05) is 36.4 Å². The van der Waals surface area contributed by atoms with Gasteiger partial charge in [-0.15, -0.1) is 0 Å². The van der Waals surface area contributed by atoms with Crippen molar-refractivity contribution in [3.05, 3.63) is 59.7 Å². The number of nitrogens with one attached hydrogen (secondary N) is 1. The lowest BCUT2D eigenvalue weighted by Gasteiger charge is -2.36. The van der Waals surface area contributed by atoms with Crippen molar-refractivity contribution >= 4 is 17.4 Å². The molecule has 24 heavy (non-hydrogen) atoms. The number of carbonyl (C=O) groups is 1. The minimum Gasteiger partial charge on any atom is -0.368 e. The molecule has 0 aromatic heterocycles. The van der Waals surface area contributed by atoms with E-state index in [1.165, 1.54) is 6.07 Å². The van der Waals surface area contributed by atoms with E-state index in [1.54, 1.807) is 11.0 Å². The Morgan fingerprint density at radius 3 is 2.42 bits per heavy atom. The summed E-state index contributed by atoms with van der Waals surface area (Å²) in [5.74, 6) is -1.71. The predicted octanol–water partition coefficient (Wildman–Crippen LogP) is 3.63. The summed E-state index contributed by atoms with van der Waals surface area (Å²) in [7, 11) is 0. The molecule has 1 aliphatic rings. The highest BCUT2D eigenvalue weighted by molar-refractivity contribution is 5.89. The van der Waals surface area contributed by atoms with Crippen LogP contribution in [-0.4, -0.2) is 37.1 Å². The summed E-state index contributed by atoms with van der Waals surface area (Å²) in [5, 5.41) is 2.88. The van der Waals surface area contributed by atoms with E-state index in [9.17, 15) is 13.6 Å². The Bertz CT molecular complexity index is 743. The molecule has 1 aliphatic heterocycles. The summed E-state index contributed by atoms with van der Waals surface area (Å²) in [6.45, 7) is 4.17. The third-order valence-corrected chi connectivity index (χ3v) is 4.10. The van der Waals surface area contributed by atoms with E-state index in [4.69, 9.17) is 0 Å². The number of piperazine rings is 1. The average molecular weight is 331 g/mol. The van der Waals surface area contributed by atoms with E-state index in [1.807, 2.05) is 36.1 Å². The van der Waals surface area contributed by atoms with Crippen LogP contribution in [0.25, 0.3) is 0 Å². The van der Waals surface area contributed by atoms with Crippen LogP contribution >= 0.6 is 0 Å². The number of amides is 2. The van der Waals surface area contributed by atoms with Gasteiger partial charge in [-0.05, 0) is 36.8 Å². The summed E-state index contributed by atoms with van der Waals surface area (Å²) in [6.07, 6.45) is 0. The molecule has 0 saturated carbocycles. The Balaban J connectivity index is 1.58. The van der Waals surface area contributed by atoms with Crippen molar-refractivity contribution < 1.29 is 13.6 Å². The van der Waals surface area contributed by atoms with Crippen LogP contribution in [-0.2, 0) is 0 Å². The molecule has 0 bridgehead atoms. The van der Waals surface area contributed by atoms with Crippen molar-refractivity contribution in [3.63, 3.8) is 0 Å². The lowest BCUT2D eigenvalue weighted by Crippen LogP contribution is -2.50. The number of urea groups is 1. The highest BCUT2D eigenvalue weighted by Crippen LogP contribution is 2.20. The van der Waals surface area contributed by atoms with E-state index in [2.05, 4.69) is 5.32 Å². The largest absolute Gasteiger partial charge is 0.368 e. The van der Waals surface area contributed by atoms with Crippen LogP contribution < -0.4 is 10.2 Å². The van der Waals surface area contributed by atoms with E-state index in [-0.39, 0.29) is 6.03 Å². The third kappa shape index (κ3) is 3.64. The first-order valence-corrected chi connectivity index (χ1v) is 7.85. The SMILES string of the molecule is Cc1cccc(NC(=O)N2CCN(c3ccc(F)c(F)c3)CC2)c1. The molecule has 1 fully saturated rings. The van der Waals surface area contributed by atoms with Crippen molar-refractivity contribution in [3.8, 4) is 0 Å². The fraction of sp³-hybridized carbons (Fsp3) is 0.278. The molecule has 2 aromatic carbocycles. The molecular formula is C18H19F2N3O. The molecule has 0 unspecified atom stereocenters. The van der Waals surface area contributed by atoms with E-state index in [0.717, 1.165) is 17.3 Å². The number of anilines is 2. The zero-order valence-electron chi connectivity index (χ0n) is 13.4. The third-order valence-electron chi connectivity index (χ3n) is 4.10. The molecule has 2 aromatic rings. The van der Waals surface area contributed by atoms with Crippen LogP contribution in [0.5, 0.6) is 0 Å². The van der Waals surface area contributed by atoms with Crippen molar-refractivity contribution in [2.45, 2.75) is 6.92 Å². The Labute approximate surface area is 139 Å². The van der Waals surface area contributed by atoms with Gasteiger partial charge in [-0.1, -0.05) is 12.1 Å². The number of carbonyl (C=O) groups excluding carboxylic acids is 1. The maximum Gasteiger partial charge on any atom is 0.321 e. The van der Waals surface area contributed by atoms with Gasteiger partial charge in [-0.3, -0.25) is 0 Å². The Kier molecular flexibility index (Phi) is 4.64. The summed E-state index contributed by atoms with van der Waals surface area (Å²) in [6, 6.07) is 11.4. The Morgan fingerprint density at radius 2 is 1.75 bits per heavy atom. The minimum absolute atomic E-state index is 0.148. The number of nitrogens with zero attached hydrogens (tertiary/aromatic N) is 2. The number of aryl methyl sites for hydroxylation is 1. The molecule has 0 spiro atoms. The van der Waals surface area contributed by atoms with E-state index >= 15 is 0 Å². The first kappa shape index (κ1) is 16.2. The van der Waals surface area contributed by atoms with E-state index < -0.39 is 11.6 Å². The summed E-state index contributed by atoms with van der Waals surface area (Å²) < 4.78 is 26.4. The van der Waals surface area contributed by atoms with Gasteiger partial charge in [-0.25, -0.2) is 13.6 Å².